The van der Waals surface area contributed by atoms with Crippen LogP contribution in [0.4, 0.5) is 10.8 Å². The van der Waals surface area contributed by atoms with Gasteiger partial charge in [-0.15, -0.1) is 16.8 Å². The van der Waals surface area contributed by atoms with E-state index in [1.54, 1.807) is 19.1 Å². The number of carbonyl (C=O) groups is 1. The maximum absolute atomic E-state index is 12.8. The molecule has 2 aromatic rings. The molecule has 1 aromatic carbocycles. The Morgan fingerprint density at radius 1 is 1.43 bits per heavy atom. The highest BCUT2D eigenvalue weighted by atomic mass is 35.5. The summed E-state index contributed by atoms with van der Waals surface area (Å²) in [7, 11) is -3.83. The molecule has 0 unspecified atom stereocenters. The van der Waals surface area contributed by atoms with Crippen LogP contribution < -0.4 is 9.62 Å². The third kappa shape index (κ3) is 5.84. The number of rotatable bonds is 9. The molecule has 1 N–H and O–H groups in total. The summed E-state index contributed by atoms with van der Waals surface area (Å²) in [4.78, 5) is 12.8. The molecule has 0 aliphatic carbocycles. The van der Waals surface area contributed by atoms with Gasteiger partial charge in [-0.1, -0.05) is 59.3 Å². The fourth-order valence-corrected chi connectivity index (χ4v) is 5.48. The highest BCUT2D eigenvalue weighted by molar-refractivity contribution is 8.01. The molecular formula is C16H18Cl2N4O3S3. The predicted octanol–water partition coefficient (Wildman–Crippen LogP) is 4.31. The van der Waals surface area contributed by atoms with E-state index < -0.39 is 22.0 Å². The summed E-state index contributed by atoms with van der Waals surface area (Å²) in [6.07, 6.45) is 2.95. The van der Waals surface area contributed by atoms with Crippen molar-refractivity contribution in [2.24, 2.45) is 0 Å². The molecule has 0 aliphatic heterocycles. The number of amides is 1. The van der Waals surface area contributed by atoms with Crippen molar-refractivity contribution in [1.29, 1.82) is 0 Å². The Balaban J connectivity index is 2.33. The monoisotopic (exact) mass is 480 g/mol. The molecule has 1 atom stereocenters. The maximum atomic E-state index is 12.8. The van der Waals surface area contributed by atoms with Crippen LogP contribution >= 0.6 is 46.3 Å². The lowest BCUT2D eigenvalue weighted by molar-refractivity contribution is -0.117. The average Bonchev–Trinajstić information content (AvgIpc) is 3.06. The summed E-state index contributed by atoms with van der Waals surface area (Å²) in [6, 6.07) is 3.39. The standard InChI is InChI=1S/C16H18Cl2N4O3S3/c1-4-8-26-16-21-20-15(27-16)19-14(23)12(5-2)22(28(3,24)25)13-9-10(17)6-7-11(13)18/h4,6-7,9,12H,1,5,8H2,2-3H3,(H,19,20,23)/t12-/m0/s1. The van der Waals surface area contributed by atoms with Gasteiger partial charge in [0, 0.05) is 10.8 Å². The zero-order valence-electron chi connectivity index (χ0n) is 15.1. The molecule has 2 rings (SSSR count). The van der Waals surface area contributed by atoms with Crippen molar-refractivity contribution in [2.45, 2.75) is 23.7 Å². The fourth-order valence-electron chi connectivity index (χ4n) is 2.33. The molecule has 1 amide bonds. The summed E-state index contributed by atoms with van der Waals surface area (Å²) in [5.41, 5.74) is 0.137. The molecule has 0 aliphatic rings. The number of thioether (sulfide) groups is 1. The van der Waals surface area contributed by atoms with Crippen LogP contribution in [0.1, 0.15) is 13.3 Å². The van der Waals surface area contributed by atoms with Gasteiger partial charge in [0.05, 0.1) is 17.0 Å². The molecule has 0 saturated carbocycles. The van der Waals surface area contributed by atoms with Crippen molar-refractivity contribution in [2.75, 3.05) is 21.6 Å². The molecule has 0 bridgehead atoms. The van der Waals surface area contributed by atoms with E-state index in [1.165, 1.54) is 35.2 Å². The maximum Gasteiger partial charge on any atom is 0.250 e. The second kappa shape index (κ2) is 9.93. The van der Waals surface area contributed by atoms with Gasteiger partial charge in [0.2, 0.25) is 21.1 Å². The number of halogens is 2. The van der Waals surface area contributed by atoms with Gasteiger partial charge in [0.1, 0.15) is 6.04 Å². The first-order chi connectivity index (χ1) is 13.2. The number of anilines is 2. The third-order valence-corrected chi connectivity index (χ3v) is 7.12. The lowest BCUT2D eigenvalue weighted by Gasteiger charge is -2.30. The minimum absolute atomic E-state index is 0.137. The van der Waals surface area contributed by atoms with E-state index in [4.69, 9.17) is 23.2 Å². The van der Waals surface area contributed by atoms with E-state index >= 15 is 0 Å². The van der Waals surface area contributed by atoms with Crippen LogP contribution in [-0.4, -0.2) is 42.6 Å². The molecule has 1 heterocycles. The minimum Gasteiger partial charge on any atom is -0.299 e. The first kappa shape index (κ1) is 23.0. The van der Waals surface area contributed by atoms with E-state index in [0.29, 0.717) is 15.1 Å². The molecular weight excluding hydrogens is 463 g/mol. The van der Waals surface area contributed by atoms with Crippen LogP contribution in [0.2, 0.25) is 10.0 Å². The van der Waals surface area contributed by atoms with Crippen LogP contribution in [-0.2, 0) is 14.8 Å². The number of hydrogen-bond donors (Lipinski definition) is 1. The molecule has 0 fully saturated rings. The van der Waals surface area contributed by atoms with Gasteiger partial charge in [-0.3, -0.25) is 14.4 Å². The van der Waals surface area contributed by atoms with Crippen molar-refractivity contribution >= 4 is 73.0 Å². The van der Waals surface area contributed by atoms with Crippen molar-refractivity contribution in [3.8, 4) is 0 Å². The topological polar surface area (TPSA) is 92.3 Å². The molecule has 0 radical (unpaired) electrons. The average molecular weight is 481 g/mol. The number of hydrogen-bond acceptors (Lipinski definition) is 7. The smallest absolute Gasteiger partial charge is 0.250 e. The first-order valence-corrected chi connectivity index (χ1v) is 12.4. The second-order valence-corrected chi connectivity index (χ2v) is 10.5. The number of nitrogens with zero attached hydrogens (tertiary/aromatic N) is 3. The van der Waals surface area contributed by atoms with Crippen LogP contribution in [0.25, 0.3) is 0 Å². The van der Waals surface area contributed by atoms with Crippen molar-refractivity contribution in [3.63, 3.8) is 0 Å². The van der Waals surface area contributed by atoms with Gasteiger partial charge in [-0.25, -0.2) is 8.42 Å². The number of carbonyl (C=O) groups excluding carboxylic acids is 1. The van der Waals surface area contributed by atoms with E-state index in [1.807, 2.05) is 0 Å². The van der Waals surface area contributed by atoms with E-state index in [0.717, 1.165) is 10.6 Å². The fraction of sp³-hybridized carbons (Fsp3) is 0.312. The van der Waals surface area contributed by atoms with E-state index in [9.17, 15) is 13.2 Å². The Bertz CT molecular complexity index is 966. The molecule has 1 aromatic heterocycles. The van der Waals surface area contributed by atoms with Gasteiger partial charge in [0.25, 0.3) is 0 Å². The van der Waals surface area contributed by atoms with Crippen LogP contribution in [0.15, 0.2) is 35.2 Å². The van der Waals surface area contributed by atoms with Crippen molar-refractivity contribution in [1.82, 2.24) is 10.2 Å². The summed E-state index contributed by atoms with van der Waals surface area (Å²) in [5.74, 6) is 0.121. The Labute approximate surface area is 182 Å². The zero-order chi connectivity index (χ0) is 20.9. The van der Waals surface area contributed by atoms with Crippen molar-refractivity contribution < 1.29 is 13.2 Å². The molecule has 7 nitrogen and oxygen atoms in total. The van der Waals surface area contributed by atoms with Gasteiger partial charge >= 0.3 is 0 Å². The summed E-state index contributed by atoms with van der Waals surface area (Å²) >= 11 is 14.8. The molecule has 0 saturated heterocycles. The SMILES string of the molecule is C=CCSc1nnc(NC(=O)[C@H](CC)N(c2cc(Cl)ccc2Cl)S(C)(=O)=O)s1. The highest BCUT2D eigenvalue weighted by Crippen LogP contribution is 2.33. The normalized spacial score (nSPS) is 12.4. The lowest BCUT2D eigenvalue weighted by Crippen LogP contribution is -2.47. The van der Waals surface area contributed by atoms with Crippen LogP contribution in [0.5, 0.6) is 0 Å². The summed E-state index contributed by atoms with van der Waals surface area (Å²) in [6.45, 7) is 5.33. The highest BCUT2D eigenvalue weighted by Gasteiger charge is 2.33. The molecule has 28 heavy (non-hydrogen) atoms. The number of nitrogens with one attached hydrogen (secondary N) is 1. The molecule has 12 heteroatoms. The first-order valence-electron chi connectivity index (χ1n) is 7.99. The molecule has 152 valence electrons. The third-order valence-electron chi connectivity index (χ3n) is 3.44. The Morgan fingerprint density at radius 2 is 2.14 bits per heavy atom. The number of benzene rings is 1. The van der Waals surface area contributed by atoms with Crippen LogP contribution in [0.3, 0.4) is 0 Å². The summed E-state index contributed by atoms with van der Waals surface area (Å²) in [5, 5.41) is 11.3. The second-order valence-electron chi connectivity index (χ2n) is 5.54. The van der Waals surface area contributed by atoms with Gasteiger partial charge in [-0.2, -0.15) is 0 Å². The lowest BCUT2D eigenvalue weighted by atomic mass is 10.2. The minimum atomic E-state index is -3.83. The van der Waals surface area contributed by atoms with Gasteiger partial charge in [0.15, 0.2) is 4.34 Å². The summed E-state index contributed by atoms with van der Waals surface area (Å²) < 4.78 is 26.6. The van der Waals surface area contributed by atoms with Crippen LogP contribution in [0, 0.1) is 0 Å². The molecule has 0 spiro atoms. The Morgan fingerprint density at radius 3 is 2.75 bits per heavy atom. The van der Waals surface area contributed by atoms with E-state index in [2.05, 4.69) is 22.1 Å². The van der Waals surface area contributed by atoms with Gasteiger partial charge < -0.3 is 0 Å². The Hall–Kier alpha value is -1.33. The Kier molecular flexibility index (Phi) is 8.14. The van der Waals surface area contributed by atoms with Gasteiger partial charge in [-0.05, 0) is 24.6 Å². The quantitative estimate of drug-likeness (QED) is 0.326. The van der Waals surface area contributed by atoms with Crippen molar-refractivity contribution in [3.05, 3.63) is 40.9 Å². The largest absolute Gasteiger partial charge is 0.299 e. The number of aromatic nitrogens is 2. The zero-order valence-corrected chi connectivity index (χ0v) is 19.0. The van der Waals surface area contributed by atoms with E-state index in [-0.39, 0.29) is 22.3 Å². The predicted molar refractivity (Wildman–Crippen MR) is 117 cm³/mol. The number of sulfonamides is 1.